The predicted molar refractivity (Wildman–Crippen MR) is 78.8 cm³/mol. The molecule has 108 valence electrons. The van der Waals surface area contributed by atoms with Gasteiger partial charge in [-0.05, 0) is 45.3 Å². The number of methoxy groups -OCH3 is 1. The molecule has 0 spiro atoms. The molecule has 2 heterocycles. The highest BCUT2D eigenvalue weighted by atomic mass is 32.1. The Kier molecular flexibility index (Phi) is 6.00. The van der Waals surface area contributed by atoms with Crippen molar-refractivity contribution in [1.29, 1.82) is 0 Å². The molecule has 1 fully saturated rings. The first-order chi connectivity index (χ1) is 9.28. The first-order valence-corrected chi connectivity index (χ1v) is 7.79. The zero-order valence-electron chi connectivity index (χ0n) is 11.9. The number of aromatic nitrogens is 2. The number of ether oxygens (including phenoxy) is 1. The van der Waals surface area contributed by atoms with Crippen LogP contribution in [-0.2, 0) is 11.2 Å². The van der Waals surface area contributed by atoms with Crippen molar-refractivity contribution in [3.8, 4) is 0 Å². The van der Waals surface area contributed by atoms with Crippen molar-refractivity contribution in [1.82, 2.24) is 14.3 Å². The van der Waals surface area contributed by atoms with E-state index in [0.29, 0.717) is 6.61 Å². The van der Waals surface area contributed by atoms with Crippen LogP contribution in [0.25, 0.3) is 0 Å². The van der Waals surface area contributed by atoms with E-state index in [0.717, 1.165) is 29.8 Å². The van der Waals surface area contributed by atoms with Crippen LogP contribution in [0.3, 0.4) is 0 Å². The van der Waals surface area contributed by atoms with E-state index in [4.69, 9.17) is 4.74 Å². The Balaban J connectivity index is 1.63. The van der Waals surface area contributed by atoms with Gasteiger partial charge in [-0.2, -0.15) is 4.37 Å². The molecule has 1 saturated heterocycles. The number of piperidine rings is 1. The Morgan fingerprint density at radius 2 is 2.21 bits per heavy atom. The second-order valence-electron chi connectivity index (χ2n) is 5.22. The monoisotopic (exact) mass is 284 g/mol. The number of likely N-dealkylation sites (tertiary alicyclic amines) is 1. The van der Waals surface area contributed by atoms with Crippen LogP contribution in [0.4, 0.5) is 5.13 Å². The largest absolute Gasteiger partial charge is 0.384 e. The molecular weight excluding hydrogens is 260 g/mol. The van der Waals surface area contributed by atoms with Crippen LogP contribution >= 0.6 is 11.5 Å². The Labute approximate surface area is 119 Å². The van der Waals surface area contributed by atoms with Crippen molar-refractivity contribution >= 4 is 16.7 Å². The van der Waals surface area contributed by atoms with Gasteiger partial charge in [0.2, 0.25) is 5.13 Å². The summed E-state index contributed by atoms with van der Waals surface area (Å²) >= 11 is 1.45. The number of nitrogens with one attached hydrogen (secondary N) is 1. The molecule has 0 aromatic carbocycles. The molecule has 0 saturated carbocycles. The lowest BCUT2D eigenvalue weighted by molar-refractivity contribution is 0.201. The van der Waals surface area contributed by atoms with Crippen molar-refractivity contribution in [3.05, 3.63) is 5.82 Å². The van der Waals surface area contributed by atoms with Gasteiger partial charge in [-0.15, -0.1) is 0 Å². The normalized spacial score (nSPS) is 17.8. The van der Waals surface area contributed by atoms with Crippen molar-refractivity contribution in [2.75, 3.05) is 45.7 Å². The first kappa shape index (κ1) is 14.7. The van der Waals surface area contributed by atoms with Crippen LogP contribution in [0, 0.1) is 5.92 Å². The zero-order valence-corrected chi connectivity index (χ0v) is 12.7. The van der Waals surface area contributed by atoms with Gasteiger partial charge in [-0.3, -0.25) is 0 Å². The highest BCUT2D eigenvalue weighted by Gasteiger charge is 2.16. The molecule has 0 radical (unpaired) electrons. The summed E-state index contributed by atoms with van der Waals surface area (Å²) in [7, 11) is 3.91. The molecular formula is C13H24N4OS. The van der Waals surface area contributed by atoms with Crippen LogP contribution in [0.2, 0.25) is 0 Å². The highest BCUT2D eigenvalue weighted by Crippen LogP contribution is 2.20. The number of hydrogen-bond acceptors (Lipinski definition) is 6. The molecule has 0 aliphatic carbocycles. The van der Waals surface area contributed by atoms with Crippen LogP contribution in [0.1, 0.15) is 25.1 Å². The Morgan fingerprint density at radius 3 is 2.95 bits per heavy atom. The predicted octanol–water partition coefficient (Wildman–Crippen LogP) is 1.87. The summed E-state index contributed by atoms with van der Waals surface area (Å²) in [6, 6.07) is 0. The van der Waals surface area contributed by atoms with Gasteiger partial charge in [0.05, 0.1) is 6.61 Å². The molecule has 6 heteroatoms. The molecule has 2 rings (SSSR count). The maximum Gasteiger partial charge on any atom is 0.202 e. The lowest BCUT2D eigenvalue weighted by Crippen LogP contribution is -2.30. The van der Waals surface area contributed by atoms with Gasteiger partial charge in [-0.1, -0.05) is 0 Å². The van der Waals surface area contributed by atoms with Gasteiger partial charge in [0.1, 0.15) is 5.82 Å². The summed E-state index contributed by atoms with van der Waals surface area (Å²) in [5.74, 6) is 1.75. The standard InChI is InChI=1S/C13H24N4OS/c1-17-8-4-11(5-9-17)3-7-14-13-15-12(16-19-13)6-10-18-2/h11H,3-10H2,1-2H3,(H,14,15,16). The molecule has 19 heavy (non-hydrogen) atoms. The van der Waals surface area contributed by atoms with E-state index >= 15 is 0 Å². The fourth-order valence-electron chi connectivity index (χ4n) is 2.35. The minimum Gasteiger partial charge on any atom is -0.384 e. The zero-order chi connectivity index (χ0) is 13.5. The molecule has 1 aliphatic heterocycles. The van der Waals surface area contributed by atoms with E-state index in [1.807, 2.05) is 0 Å². The molecule has 1 aromatic rings. The number of hydrogen-bond donors (Lipinski definition) is 1. The second kappa shape index (κ2) is 7.77. The number of rotatable bonds is 7. The van der Waals surface area contributed by atoms with Gasteiger partial charge in [0.15, 0.2) is 0 Å². The first-order valence-electron chi connectivity index (χ1n) is 7.02. The third-order valence-electron chi connectivity index (χ3n) is 3.66. The third kappa shape index (κ3) is 5.04. The molecule has 0 amide bonds. The maximum atomic E-state index is 5.02. The van der Waals surface area contributed by atoms with Crippen LogP contribution in [0.5, 0.6) is 0 Å². The third-order valence-corrected chi connectivity index (χ3v) is 4.38. The van der Waals surface area contributed by atoms with Crippen molar-refractivity contribution in [2.45, 2.75) is 25.7 Å². The van der Waals surface area contributed by atoms with Gasteiger partial charge in [0.25, 0.3) is 0 Å². The van der Waals surface area contributed by atoms with E-state index in [-0.39, 0.29) is 0 Å². The summed E-state index contributed by atoms with van der Waals surface area (Å²) < 4.78 is 9.33. The van der Waals surface area contributed by atoms with Gasteiger partial charge >= 0.3 is 0 Å². The smallest absolute Gasteiger partial charge is 0.202 e. The van der Waals surface area contributed by atoms with Crippen molar-refractivity contribution in [2.24, 2.45) is 5.92 Å². The quantitative estimate of drug-likeness (QED) is 0.828. The maximum absolute atomic E-state index is 5.02. The lowest BCUT2D eigenvalue weighted by Gasteiger charge is -2.28. The minimum atomic E-state index is 0.686. The van der Waals surface area contributed by atoms with Crippen molar-refractivity contribution in [3.63, 3.8) is 0 Å². The molecule has 1 N–H and O–H groups in total. The number of anilines is 1. The topological polar surface area (TPSA) is 50.3 Å². The highest BCUT2D eigenvalue weighted by molar-refractivity contribution is 7.09. The van der Waals surface area contributed by atoms with E-state index in [1.54, 1.807) is 7.11 Å². The summed E-state index contributed by atoms with van der Waals surface area (Å²) in [5.41, 5.74) is 0. The average Bonchev–Trinajstić information content (AvgIpc) is 2.87. The summed E-state index contributed by atoms with van der Waals surface area (Å²) in [5, 5.41) is 4.33. The number of nitrogens with zero attached hydrogens (tertiary/aromatic N) is 3. The van der Waals surface area contributed by atoms with E-state index in [9.17, 15) is 0 Å². The van der Waals surface area contributed by atoms with Crippen LogP contribution in [0.15, 0.2) is 0 Å². The van der Waals surface area contributed by atoms with Gasteiger partial charge < -0.3 is 15.0 Å². The van der Waals surface area contributed by atoms with E-state index < -0.39 is 0 Å². The van der Waals surface area contributed by atoms with Crippen LogP contribution in [-0.4, -0.2) is 54.7 Å². The Hall–Kier alpha value is -0.720. The molecule has 1 aromatic heterocycles. The SMILES string of the molecule is COCCc1nsc(NCCC2CCN(C)CC2)n1. The molecule has 0 atom stereocenters. The summed E-state index contributed by atoms with van der Waals surface area (Å²) in [4.78, 5) is 6.86. The van der Waals surface area contributed by atoms with Crippen molar-refractivity contribution < 1.29 is 4.74 Å². The molecule has 5 nitrogen and oxygen atoms in total. The van der Waals surface area contributed by atoms with E-state index in [1.165, 1.54) is 43.9 Å². The molecule has 0 unspecified atom stereocenters. The Bertz CT molecular complexity index is 363. The van der Waals surface area contributed by atoms with Gasteiger partial charge in [0, 0.05) is 31.6 Å². The molecule has 0 bridgehead atoms. The fraction of sp³-hybridized carbons (Fsp3) is 0.846. The lowest BCUT2D eigenvalue weighted by atomic mass is 9.94. The van der Waals surface area contributed by atoms with E-state index in [2.05, 4.69) is 26.6 Å². The second-order valence-corrected chi connectivity index (χ2v) is 5.97. The summed E-state index contributed by atoms with van der Waals surface area (Å²) in [6.07, 6.45) is 4.69. The van der Waals surface area contributed by atoms with Gasteiger partial charge in [-0.25, -0.2) is 4.98 Å². The van der Waals surface area contributed by atoms with Crippen LogP contribution < -0.4 is 5.32 Å². The molecule has 1 aliphatic rings. The summed E-state index contributed by atoms with van der Waals surface area (Å²) in [6.45, 7) is 4.17. The minimum absolute atomic E-state index is 0.686. The Morgan fingerprint density at radius 1 is 1.42 bits per heavy atom. The fourth-order valence-corrected chi connectivity index (χ4v) is 2.99. The average molecular weight is 284 g/mol.